The Morgan fingerprint density at radius 2 is 2.08 bits per heavy atom. The lowest BCUT2D eigenvalue weighted by molar-refractivity contribution is 0.0916. The maximum absolute atomic E-state index is 11.2. The van der Waals surface area contributed by atoms with Gasteiger partial charge in [0.2, 0.25) is 5.91 Å². The van der Waals surface area contributed by atoms with Crippen molar-refractivity contribution in [1.29, 1.82) is 0 Å². The van der Waals surface area contributed by atoms with Gasteiger partial charge in [0, 0.05) is 6.92 Å². The summed E-state index contributed by atoms with van der Waals surface area (Å²) in [5.41, 5.74) is 3.49. The maximum Gasteiger partial charge on any atom is 0.243 e. The van der Waals surface area contributed by atoms with Gasteiger partial charge in [0.05, 0.1) is 11.4 Å². The monoisotopic (exact) mass is 178 g/mol. The first-order valence-corrected chi connectivity index (χ1v) is 4.78. The van der Waals surface area contributed by atoms with Crippen LogP contribution in [0.3, 0.4) is 0 Å². The molecule has 0 bridgehead atoms. The van der Waals surface area contributed by atoms with E-state index >= 15 is 0 Å². The molecule has 13 heavy (non-hydrogen) atoms. The Hall–Kier alpha value is -1.12. The summed E-state index contributed by atoms with van der Waals surface area (Å²) < 4.78 is 1.57. The zero-order valence-corrected chi connectivity index (χ0v) is 8.13. The highest BCUT2D eigenvalue weighted by atomic mass is 16.2. The second-order valence-electron chi connectivity index (χ2n) is 3.65. The fraction of sp³-hybridized carbons (Fsp3) is 0.600. The second kappa shape index (κ2) is 2.98. The van der Waals surface area contributed by atoms with Crippen LogP contribution in [0.5, 0.6) is 0 Å². The van der Waals surface area contributed by atoms with E-state index < -0.39 is 0 Å². The Morgan fingerprint density at radius 3 is 2.77 bits per heavy atom. The molecule has 1 aliphatic carbocycles. The molecule has 3 heteroatoms. The summed E-state index contributed by atoms with van der Waals surface area (Å²) in [6.07, 6.45) is 4.52. The van der Waals surface area contributed by atoms with Crippen molar-refractivity contribution in [3.63, 3.8) is 0 Å². The fourth-order valence-electron chi connectivity index (χ4n) is 2.04. The average Bonchev–Trinajstić information content (AvgIpc) is 2.45. The molecular formula is C10H14N2O. The highest BCUT2D eigenvalue weighted by Gasteiger charge is 2.19. The predicted molar refractivity (Wildman–Crippen MR) is 49.9 cm³/mol. The van der Waals surface area contributed by atoms with Crippen LogP contribution in [0.1, 0.15) is 41.5 Å². The lowest BCUT2D eigenvalue weighted by Crippen LogP contribution is -2.14. The van der Waals surface area contributed by atoms with Crippen LogP contribution >= 0.6 is 0 Å². The van der Waals surface area contributed by atoms with Crippen LogP contribution in [-0.2, 0) is 12.8 Å². The van der Waals surface area contributed by atoms with E-state index in [1.807, 2.05) is 6.92 Å². The Kier molecular flexibility index (Phi) is 1.94. The first kappa shape index (κ1) is 8.48. The van der Waals surface area contributed by atoms with E-state index in [0.29, 0.717) is 0 Å². The third kappa shape index (κ3) is 1.28. The molecular weight excluding hydrogens is 164 g/mol. The molecule has 0 radical (unpaired) electrons. The standard InChI is InChI=1S/C10H14N2O/c1-7-9-5-3-4-6-10(9)12(11-7)8(2)13/h3-6H2,1-2H3. The molecule has 70 valence electrons. The number of hydrogen-bond donors (Lipinski definition) is 0. The summed E-state index contributed by atoms with van der Waals surface area (Å²) in [7, 11) is 0. The number of fused-ring (bicyclic) bond motifs is 1. The van der Waals surface area contributed by atoms with Crippen LogP contribution in [0.4, 0.5) is 0 Å². The Morgan fingerprint density at radius 1 is 1.38 bits per heavy atom. The molecule has 0 aliphatic heterocycles. The van der Waals surface area contributed by atoms with Crippen molar-refractivity contribution in [3.8, 4) is 0 Å². The Labute approximate surface area is 77.7 Å². The molecule has 0 N–H and O–H groups in total. The number of nitrogens with zero attached hydrogens (tertiary/aromatic N) is 2. The van der Waals surface area contributed by atoms with E-state index in [2.05, 4.69) is 5.10 Å². The molecule has 0 atom stereocenters. The summed E-state index contributed by atoms with van der Waals surface area (Å²) in [6, 6.07) is 0. The van der Waals surface area contributed by atoms with Gasteiger partial charge in [-0.05, 0) is 38.2 Å². The second-order valence-corrected chi connectivity index (χ2v) is 3.65. The zero-order chi connectivity index (χ0) is 9.42. The first-order chi connectivity index (χ1) is 6.20. The van der Waals surface area contributed by atoms with E-state index in [4.69, 9.17) is 0 Å². The average molecular weight is 178 g/mol. The Balaban J connectivity index is 2.53. The van der Waals surface area contributed by atoms with E-state index in [9.17, 15) is 4.79 Å². The van der Waals surface area contributed by atoms with Gasteiger partial charge in [-0.25, -0.2) is 4.68 Å². The van der Waals surface area contributed by atoms with Crippen LogP contribution in [0.25, 0.3) is 0 Å². The van der Waals surface area contributed by atoms with Crippen LogP contribution in [0, 0.1) is 6.92 Å². The summed E-state index contributed by atoms with van der Waals surface area (Å²) in [5, 5.41) is 4.26. The normalized spacial score (nSPS) is 15.5. The van der Waals surface area contributed by atoms with Gasteiger partial charge in [0.25, 0.3) is 0 Å². The molecule has 0 saturated carbocycles. The molecule has 0 aromatic carbocycles. The van der Waals surface area contributed by atoms with E-state index in [0.717, 1.165) is 24.2 Å². The molecule has 0 fully saturated rings. The van der Waals surface area contributed by atoms with Crippen molar-refractivity contribution in [3.05, 3.63) is 17.0 Å². The van der Waals surface area contributed by atoms with Crippen LogP contribution in [-0.4, -0.2) is 15.7 Å². The van der Waals surface area contributed by atoms with Crippen molar-refractivity contribution in [2.45, 2.75) is 39.5 Å². The van der Waals surface area contributed by atoms with Gasteiger partial charge in [0.1, 0.15) is 0 Å². The summed E-state index contributed by atoms with van der Waals surface area (Å²) >= 11 is 0. The molecule has 1 aliphatic rings. The molecule has 0 spiro atoms. The van der Waals surface area contributed by atoms with Crippen molar-refractivity contribution in [2.24, 2.45) is 0 Å². The van der Waals surface area contributed by atoms with Gasteiger partial charge in [-0.2, -0.15) is 5.10 Å². The van der Waals surface area contributed by atoms with E-state index in [-0.39, 0.29) is 5.91 Å². The third-order valence-corrected chi connectivity index (χ3v) is 2.68. The minimum absolute atomic E-state index is 0.0336. The zero-order valence-electron chi connectivity index (χ0n) is 8.13. The quantitative estimate of drug-likeness (QED) is 0.606. The van der Waals surface area contributed by atoms with Gasteiger partial charge >= 0.3 is 0 Å². The highest BCUT2D eigenvalue weighted by Crippen LogP contribution is 2.23. The van der Waals surface area contributed by atoms with Crippen LogP contribution in [0.2, 0.25) is 0 Å². The van der Waals surface area contributed by atoms with Crippen LogP contribution in [0.15, 0.2) is 0 Å². The summed E-state index contributed by atoms with van der Waals surface area (Å²) in [6.45, 7) is 3.56. The van der Waals surface area contributed by atoms with E-state index in [1.54, 1.807) is 11.6 Å². The molecule has 1 aromatic heterocycles. The number of hydrogen-bond acceptors (Lipinski definition) is 2. The summed E-state index contributed by atoms with van der Waals surface area (Å²) in [4.78, 5) is 11.2. The minimum Gasteiger partial charge on any atom is -0.273 e. The van der Waals surface area contributed by atoms with Crippen molar-refractivity contribution in [1.82, 2.24) is 9.78 Å². The van der Waals surface area contributed by atoms with Crippen LogP contribution < -0.4 is 0 Å². The third-order valence-electron chi connectivity index (χ3n) is 2.68. The number of rotatable bonds is 0. The largest absolute Gasteiger partial charge is 0.273 e. The lowest BCUT2D eigenvalue weighted by atomic mass is 9.96. The molecule has 3 nitrogen and oxygen atoms in total. The van der Waals surface area contributed by atoms with Gasteiger partial charge in [0.15, 0.2) is 0 Å². The predicted octanol–water partition coefficient (Wildman–Crippen LogP) is 1.73. The molecule has 2 rings (SSSR count). The van der Waals surface area contributed by atoms with Gasteiger partial charge in [-0.3, -0.25) is 4.79 Å². The van der Waals surface area contributed by atoms with Crippen molar-refractivity contribution >= 4 is 5.91 Å². The fourth-order valence-corrected chi connectivity index (χ4v) is 2.04. The van der Waals surface area contributed by atoms with Crippen molar-refractivity contribution < 1.29 is 4.79 Å². The van der Waals surface area contributed by atoms with Gasteiger partial charge in [-0.1, -0.05) is 0 Å². The number of aryl methyl sites for hydroxylation is 1. The SMILES string of the molecule is CC(=O)n1nc(C)c2c1CCCC2. The number of aromatic nitrogens is 2. The van der Waals surface area contributed by atoms with Gasteiger partial charge in [-0.15, -0.1) is 0 Å². The van der Waals surface area contributed by atoms with Crippen molar-refractivity contribution in [2.75, 3.05) is 0 Å². The molecule has 0 saturated heterocycles. The van der Waals surface area contributed by atoms with Gasteiger partial charge < -0.3 is 0 Å². The number of carbonyl (C=O) groups is 1. The minimum atomic E-state index is 0.0336. The maximum atomic E-state index is 11.2. The molecule has 1 aromatic rings. The molecule has 0 amide bonds. The lowest BCUT2D eigenvalue weighted by Gasteiger charge is -2.12. The topological polar surface area (TPSA) is 34.9 Å². The first-order valence-electron chi connectivity index (χ1n) is 4.78. The van der Waals surface area contributed by atoms with E-state index in [1.165, 1.54) is 18.4 Å². The summed E-state index contributed by atoms with van der Waals surface area (Å²) in [5.74, 6) is 0.0336. The smallest absolute Gasteiger partial charge is 0.243 e. The highest BCUT2D eigenvalue weighted by molar-refractivity contribution is 5.76. The molecule has 1 heterocycles. The molecule has 0 unspecified atom stereocenters. The number of carbonyl (C=O) groups excluding carboxylic acids is 1. The Bertz CT molecular complexity index is 352.